The van der Waals surface area contributed by atoms with E-state index in [0.29, 0.717) is 0 Å². The fraction of sp³-hybridized carbons (Fsp3) is 0.667. The van der Waals surface area contributed by atoms with Gasteiger partial charge in [-0.25, -0.2) is 9.97 Å². The molecule has 1 aromatic rings. The second kappa shape index (κ2) is 4.47. The topological polar surface area (TPSA) is 32.3 Å². The number of nitrogens with zero attached hydrogens (tertiary/aromatic N) is 4. The van der Waals surface area contributed by atoms with Gasteiger partial charge in [-0.3, -0.25) is 9.80 Å². The zero-order valence-corrected chi connectivity index (χ0v) is 9.55. The lowest BCUT2D eigenvalue weighted by Gasteiger charge is -2.37. The van der Waals surface area contributed by atoms with Gasteiger partial charge in [-0.2, -0.15) is 0 Å². The normalized spacial score (nSPS) is 26.9. The highest BCUT2D eigenvalue weighted by atomic mass is 15.3. The zero-order valence-electron chi connectivity index (χ0n) is 9.55. The summed E-state index contributed by atoms with van der Waals surface area (Å²) in [7, 11) is 0. The molecular formula is C12H18N4. The third-order valence-electron chi connectivity index (χ3n) is 3.70. The minimum Gasteiger partial charge on any atom is -0.298 e. The van der Waals surface area contributed by atoms with Crippen molar-refractivity contribution in [2.45, 2.75) is 25.4 Å². The standard InChI is InChI=1S/C12H18N4/c1-2-12-9-15(6-7-16(12)5-1)8-11-3-4-13-10-14-11/h3-4,10,12H,1-2,5-9H2. The first kappa shape index (κ1) is 10.2. The maximum Gasteiger partial charge on any atom is 0.115 e. The molecule has 4 nitrogen and oxygen atoms in total. The van der Waals surface area contributed by atoms with Crippen LogP contribution in [0, 0.1) is 0 Å². The van der Waals surface area contributed by atoms with Gasteiger partial charge < -0.3 is 0 Å². The molecule has 0 N–H and O–H groups in total. The molecule has 1 aromatic heterocycles. The van der Waals surface area contributed by atoms with Gasteiger partial charge in [-0.05, 0) is 25.5 Å². The van der Waals surface area contributed by atoms with Crippen molar-refractivity contribution in [1.82, 2.24) is 19.8 Å². The summed E-state index contributed by atoms with van der Waals surface area (Å²) in [5.41, 5.74) is 1.14. The Hall–Kier alpha value is -1.00. The van der Waals surface area contributed by atoms with Crippen LogP contribution in [0.1, 0.15) is 18.5 Å². The smallest absolute Gasteiger partial charge is 0.115 e. The number of hydrogen-bond acceptors (Lipinski definition) is 4. The Bertz CT molecular complexity index is 340. The Balaban J connectivity index is 1.60. The van der Waals surface area contributed by atoms with E-state index in [-0.39, 0.29) is 0 Å². The molecule has 1 unspecified atom stereocenters. The number of piperazine rings is 1. The van der Waals surface area contributed by atoms with E-state index in [0.717, 1.165) is 18.3 Å². The molecule has 0 amide bonds. The van der Waals surface area contributed by atoms with Crippen LogP contribution in [-0.2, 0) is 6.54 Å². The van der Waals surface area contributed by atoms with E-state index in [1.54, 1.807) is 6.33 Å². The van der Waals surface area contributed by atoms with Crippen molar-refractivity contribution in [3.05, 3.63) is 24.3 Å². The third kappa shape index (κ3) is 2.08. The van der Waals surface area contributed by atoms with Crippen LogP contribution in [0.4, 0.5) is 0 Å². The second-order valence-corrected chi connectivity index (χ2v) is 4.77. The zero-order chi connectivity index (χ0) is 10.8. The van der Waals surface area contributed by atoms with Crippen molar-refractivity contribution in [2.75, 3.05) is 26.2 Å². The third-order valence-corrected chi connectivity index (χ3v) is 3.70. The Kier molecular flexibility index (Phi) is 2.84. The van der Waals surface area contributed by atoms with Crippen LogP contribution in [0.5, 0.6) is 0 Å². The molecule has 1 atom stereocenters. The SMILES string of the molecule is c1cc(CN2CCN3CCCC3C2)ncn1. The first-order valence-electron chi connectivity index (χ1n) is 6.13. The van der Waals surface area contributed by atoms with Crippen molar-refractivity contribution in [1.29, 1.82) is 0 Å². The van der Waals surface area contributed by atoms with Crippen molar-refractivity contribution in [3.8, 4) is 0 Å². The molecule has 0 spiro atoms. The van der Waals surface area contributed by atoms with Crippen molar-refractivity contribution in [2.24, 2.45) is 0 Å². The molecule has 0 aromatic carbocycles. The first-order chi connectivity index (χ1) is 7.92. The quantitative estimate of drug-likeness (QED) is 0.733. The molecule has 0 aliphatic carbocycles. The summed E-state index contributed by atoms with van der Waals surface area (Å²) >= 11 is 0. The van der Waals surface area contributed by atoms with E-state index < -0.39 is 0 Å². The van der Waals surface area contributed by atoms with Gasteiger partial charge in [0.1, 0.15) is 6.33 Å². The molecule has 0 saturated carbocycles. The van der Waals surface area contributed by atoms with Gasteiger partial charge >= 0.3 is 0 Å². The number of hydrogen-bond donors (Lipinski definition) is 0. The van der Waals surface area contributed by atoms with Gasteiger partial charge in [0.25, 0.3) is 0 Å². The number of aromatic nitrogens is 2. The van der Waals surface area contributed by atoms with Crippen molar-refractivity contribution in [3.63, 3.8) is 0 Å². The Morgan fingerprint density at radius 2 is 2.31 bits per heavy atom. The van der Waals surface area contributed by atoms with E-state index in [1.807, 2.05) is 12.3 Å². The summed E-state index contributed by atoms with van der Waals surface area (Å²) in [6.07, 6.45) is 6.22. The molecular weight excluding hydrogens is 200 g/mol. The lowest BCUT2D eigenvalue weighted by Crippen LogP contribution is -2.49. The lowest BCUT2D eigenvalue weighted by atomic mass is 10.1. The van der Waals surface area contributed by atoms with Gasteiger partial charge in [-0.15, -0.1) is 0 Å². The van der Waals surface area contributed by atoms with Crippen LogP contribution in [0.25, 0.3) is 0 Å². The molecule has 3 heterocycles. The maximum absolute atomic E-state index is 4.29. The molecule has 2 aliphatic rings. The van der Waals surface area contributed by atoms with Gasteiger partial charge in [-0.1, -0.05) is 0 Å². The molecule has 0 radical (unpaired) electrons. The molecule has 2 saturated heterocycles. The molecule has 2 aliphatic heterocycles. The van der Waals surface area contributed by atoms with Gasteiger partial charge in [0.15, 0.2) is 0 Å². The second-order valence-electron chi connectivity index (χ2n) is 4.77. The van der Waals surface area contributed by atoms with Crippen LogP contribution in [0.15, 0.2) is 18.6 Å². The van der Waals surface area contributed by atoms with E-state index in [2.05, 4.69) is 19.8 Å². The highest BCUT2D eigenvalue weighted by Gasteiger charge is 2.30. The molecule has 3 rings (SSSR count). The minimum atomic E-state index is 0.801. The Morgan fingerprint density at radius 3 is 3.19 bits per heavy atom. The summed E-state index contributed by atoms with van der Waals surface area (Å²) < 4.78 is 0. The average molecular weight is 218 g/mol. The van der Waals surface area contributed by atoms with Crippen LogP contribution in [0.2, 0.25) is 0 Å². The molecule has 4 heteroatoms. The maximum atomic E-state index is 4.29. The Morgan fingerprint density at radius 1 is 1.31 bits per heavy atom. The largest absolute Gasteiger partial charge is 0.298 e. The minimum absolute atomic E-state index is 0.801. The predicted octanol–water partition coefficient (Wildman–Crippen LogP) is 0.757. The van der Waals surface area contributed by atoms with Crippen LogP contribution in [-0.4, -0.2) is 52.0 Å². The molecule has 86 valence electrons. The van der Waals surface area contributed by atoms with Crippen LogP contribution >= 0.6 is 0 Å². The lowest BCUT2D eigenvalue weighted by molar-refractivity contribution is 0.0984. The fourth-order valence-electron chi connectivity index (χ4n) is 2.84. The monoisotopic (exact) mass is 218 g/mol. The van der Waals surface area contributed by atoms with Crippen molar-refractivity contribution >= 4 is 0 Å². The predicted molar refractivity (Wildman–Crippen MR) is 61.9 cm³/mol. The summed E-state index contributed by atoms with van der Waals surface area (Å²) in [5.74, 6) is 0. The highest BCUT2D eigenvalue weighted by molar-refractivity contribution is 4.99. The molecule has 0 bridgehead atoms. The average Bonchev–Trinajstić information content (AvgIpc) is 2.77. The first-order valence-corrected chi connectivity index (χ1v) is 6.13. The van der Waals surface area contributed by atoms with E-state index in [4.69, 9.17) is 0 Å². The molecule has 16 heavy (non-hydrogen) atoms. The van der Waals surface area contributed by atoms with Crippen molar-refractivity contribution < 1.29 is 0 Å². The summed E-state index contributed by atoms with van der Waals surface area (Å²) in [6.45, 7) is 5.92. The molecule has 2 fully saturated rings. The summed E-state index contributed by atoms with van der Waals surface area (Å²) in [4.78, 5) is 13.4. The van der Waals surface area contributed by atoms with Crippen LogP contribution < -0.4 is 0 Å². The summed E-state index contributed by atoms with van der Waals surface area (Å²) in [6, 6.07) is 2.82. The Labute approximate surface area is 96.3 Å². The number of fused-ring (bicyclic) bond motifs is 1. The van der Waals surface area contributed by atoms with E-state index in [1.165, 1.54) is 39.0 Å². The fourth-order valence-corrected chi connectivity index (χ4v) is 2.84. The summed E-state index contributed by atoms with van der Waals surface area (Å²) in [5, 5.41) is 0. The van der Waals surface area contributed by atoms with E-state index >= 15 is 0 Å². The van der Waals surface area contributed by atoms with Gasteiger partial charge in [0.05, 0.1) is 5.69 Å². The van der Waals surface area contributed by atoms with Gasteiger partial charge in [0.2, 0.25) is 0 Å². The highest BCUT2D eigenvalue weighted by Crippen LogP contribution is 2.21. The number of rotatable bonds is 2. The van der Waals surface area contributed by atoms with E-state index in [9.17, 15) is 0 Å². The van der Waals surface area contributed by atoms with Crippen LogP contribution in [0.3, 0.4) is 0 Å². The van der Waals surface area contributed by atoms with Gasteiger partial charge in [0, 0.05) is 38.4 Å².